The van der Waals surface area contributed by atoms with Gasteiger partial charge < -0.3 is 5.32 Å². The molecule has 0 bridgehead atoms. The highest BCUT2D eigenvalue weighted by atomic mass is 16.1. The van der Waals surface area contributed by atoms with Crippen LogP contribution in [0.4, 0.5) is 5.69 Å². The van der Waals surface area contributed by atoms with Gasteiger partial charge in [0.1, 0.15) is 0 Å². The lowest BCUT2D eigenvalue weighted by Gasteiger charge is -2.34. The zero-order chi connectivity index (χ0) is 15.0. The van der Waals surface area contributed by atoms with Gasteiger partial charge in [-0.05, 0) is 36.8 Å². The Morgan fingerprint density at radius 3 is 2.67 bits per heavy atom. The smallest absolute Gasteiger partial charge is 0.272 e. The number of hydrogen-bond donors (Lipinski definition) is 3. The van der Waals surface area contributed by atoms with E-state index in [1.807, 2.05) is 12.1 Å². The van der Waals surface area contributed by atoms with E-state index in [9.17, 15) is 9.59 Å². The summed E-state index contributed by atoms with van der Waals surface area (Å²) in [6, 6.07) is 5.72. The number of rotatable bonds is 2. The molecule has 5 heteroatoms. The maximum absolute atomic E-state index is 12.1. The van der Waals surface area contributed by atoms with Crippen LogP contribution in [0.2, 0.25) is 0 Å². The molecule has 0 amide bonds. The van der Waals surface area contributed by atoms with Crippen molar-refractivity contribution in [2.75, 3.05) is 5.32 Å². The second kappa shape index (κ2) is 5.39. The van der Waals surface area contributed by atoms with Crippen molar-refractivity contribution < 1.29 is 0 Å². The number of hydrogen-bond acceptors (Lipinski definition) is 3. The second-order valence-corrected chi connectivity index (χ2v) is 6.28. The van der Waals surface area contributed by atoms with Crippen molar-refractivity contribution in [1.82, 2.24) is 10.2 Å². The van der Waals surface area contributed by atoms with Crippen LogP contribution in [0.15, 0.2) is 27.8 Å². The van der Waals surface area contributed by atoms with Crippen LogP contribution in [0.1, 0.15) is 33.1 Å². The molecule has 2 aromatic rings. The van der Waals surface area contributed by atoms with E-state index in [1.54, 1.807) is 6.07 Å². The molecule has 3 atom stereocenters. The van der Waals surface area contributed by atoms with E-state index in [0.717, 1.165) is 12.1 Å². The average Bonchev–Trinajstić information content (AvgIpc) is 2.47. The Bertz CT molecular complexity index is 762. The van der Waals surface area contributed by atoms with Gasteiger partial charge >= 0.3 is 0 Å². The Kier molecular flexibility index (Phi) is 3.57. The monoisotopic (exact) mass is 287 g/mol. The van der Waals surface area contributed by atoms with E-state index in [0.29, 0.717) is 28.7 Å². The van der Waals surface area contributed by atoms with Crippen molar-refractivity contribution >= 4 is 16.5 Å². The lowest BCUT2D eigenvalue weighted by atomic mass is 9.80. The van der Waals surface area contributed by atoms with Crippen molar-refractivity contribution in [3.05, 3.63) is 38.9 Å². The maximum Gasteiger partial charge on any atom is 0.272 e. The molecule has 0 saturated heterocycles. The van der Waals surface area contributed by atoms with Crippen molar-refractivity contribution in [1.29, 1.82) is 0 Å². The third-order valence-corrected chi connectivity index (χ3v) is 4.62. The van der Waals surface area contributed by atoms with E-state index >= 15 is 0 Å². The first-order valence-electron chi connectivity index (χ1n) is 7.56. The summed E-state index contributed by atoms with van der Waals surface area (Å²) in [5.41, 5.74) is 0.230. The predicted molar refractivity (Wildman–Crippen MR) is 84.8 cm³/mol. The van der Waals surface area contributed by atoms with Crippen LogP contribution >= 0.6 is 0 Å². The molecule has 1 fully saturated rings. The molecule has 5 nitrogen and oxygen atoms in total. The Morgan fingerprint density at radius 1 is 1.10 bits per heavy atom. The summed E-state index contributed by atoms with van der Waals surface area (Å²) in [6.45, 7) is 4.51. The Morgan fingerprint density at radius 2 is 1.86 bits per heavy atom. The molecule has 1 aliphatic rings. The fraction of sp³-hybridized carbons (Fsp3) is 0.500. The molecule has 3 rings (SSSR count). The fourth-order valence-corrected chi connectivity index (χ4v) is 3.28. The molecule has 1 aliphatic carbocycles. The molecule has 1 saturated carbocycles. The van der Waals surface area contributed by atoms with E-state index < -0.39 is 0 Å². The minimum atomic E-state index is -0.265. The fourth-order valence-electron chi connectivity index (χ4n) is 3.28. The molecule has 1 heterocycles. The summed E-state index contributed by atoms with van der Waals surface area (Å²) in [4.78, 5) is 23.9. The summed E-state index contributed by atoms with van der Waals surface area (Å²) in [6.07, 6.45) is 3.55. The third kappa shape index (κ3) is 2.60. The maximum atomic E-state index is 12.1. The van der Waals surface area contributed by atoms with Crippen LogP contribution in [0, 0.1) is 11.8 Å². The van der Waals surface area contributed by atoms with Crippen LogP contribution < -0.4 is 16.4 Å². The van der Waals surface area contributed by atoms with Crippen LogP contribution in [0.3, 0.4) is 0 Å². The van der Waals surface area contributed by atoms with Gasteiger partial charge in [0.25, 0.3) is 11.1 Å². The van der Waals surface area contributed by atoms with E-state index in [1.165, 1.54) is 12.8 Å². The number of aromatic nitrogens is 2. The van der Waals surface area contributed by atoms with Gasteiger partial charge in [-0.15, -0.1) is 0 Å². The number of nitrogens with one attached hydrogen (secondary N) is 3. The molecular formula is C16H21N3O2. The highest BCUT2D eigenvalue weighted by Crippen LogP contribution is 2.31. The SMILES string of the molecule is CC1CCC(C)C(Nc2cccc3c(=O)[nH][nH]c(=O)c23)C1. The van der Waals surface area contributed by atoms with Crippen LogP contribution in [-0.4, -0.2) is 16.2 Å². The van der Waals surface area contributed by atoms with E-state index in [-0.39, 0.29) is 11.1 Å². The van der Waals surface area contributed by atoms with Crippen molar-refractivity contribution in [3.63, 3.8) is 0 Å². The van der Waals surface area contributed by atoms with Crippen molar-refractivity contribution in [2.45, 2.75) is 39.2 Å². The van der Waals surface area contributed by atoms with Crippen molar-refractivity contribution in [2.24, 2.45) is 11.8 Å². The third-order valence-electron chi connectivity index (χ3n) is 4.62. The summed E-state index contributed by atoms with van der Waals surface area (Å²) in [7, 11) is 0. The Labute approximate surface area is 122 Å². The van der Waals surface area contributed by atoms with Crippen LogP contribution in [-0.2, 0) is 0 Å². The topological polar surface area (TPSA) is 77.8 Å². The molecule has 3 unspecified atom stereocenters. The van der Waals surface area contributed by atoms with E-state index in [4.69, 9.17) is 0 Å². The predicted octanol–water partition coefficient (Wildman–Crippen LogP) is 2.45. The number of benzene rings is 1. The normalized spacial score (nSPS) is 25.9. The van der Waals surface area contributed by atoms with Gasteiger partial charge in [-0.3, -0.25) is 19.8 Å². The number of fused-ring (bicyclic) bond motifs is 1. The first-order chi connectivity index (χ1) is 10.1. The molecule has 1 aromatic carbocycles. The molecule has 3 N–H and O–H groups in total. The highest BCUT2D eigenvalue weighted by Gasteiger charge is 2.26. The zero-order valence-electron chi connectivity index (χ0n) is 12.4. The van der Waals surface area contributed by atoms with Gasteiger partial charge in [-0.25, -0.2) is 0 Å². The van der Waals surface area contributed by atoms with Gasteiger partial charge in [0, 0.05) is 11.7 Å². The molecule has 0 spiro atoms. The highest BCUT2D eigenvalue weighted by molar-refractivity contribution is 5.92. The van der Waals surface area contributed by atoms with Crippen LogP contribution in [0.25, 0.3) is 10.8 Å². The van der Waals surface area contributed by atoms with Gasteiger partial charge in [0.2, 0.25) is 0 Å². The lowest BCUT2D eigenvalue weighted by molar-refractivity contribution is 0.281. The van der Waals surface area contributed by atoms with E-state index in [2.05, 4.69) is 29.4 Å². The molecule has 0 radical (unpaired) electrons. The van der Waals surface area contributed by atoms with Gasteiger partial charge in [0.15, 0.2) is 0 Å². The largest absolute Gasteiger partial charge is 0.381 e. The quantitative estimate of drug-likeness (QED) is 0.794. The summed E-state index contributed by atoms with van der Waals surface area (Å²) < 4.78 is 0. The molecule has 1 aromatic heterocycles. The molecule has 112 valence electrons. The van der Waals surface area contributed by atoms with Crippen molar-refractivity contribution in [3.8, 4) is 0 Å². The summed E-state index contributed by atoms with van der Waals surface area (Å²) in [5, 5.41) is 9.16. The van der Waals surface area contributed by atoms with Gasteiger partial charge in [0.05, 0.1) is 10.8 Å². The summed E-state index contributed by atoms with van der Waals surface area (Å²) in [5.74, 6) is 1.26. The zero-order valence-corrected chi connectivity index (χ0v) is 12.4. The first kappa shape index (κ1) is 13.9. The number of aromatic amines is 2. The van der Waals surface area contributed by atoms with Gasteiger partial charge in [-0.1, -0.05) is 26.3 Å². The minimum Gasteiger partial charge on any atom is -0.381 e. The van der Waals surface area contributed by atoms with Crippen LogP contribution in [0.5, 0.6) is 0 Å². The number of anilines is 1. The number of H-pyrrole nitrogens is 2. The minimum absolute atomic E-state index is 0.260. The summed E-state index contributed by atoms with van der Waals surface area (Å²) >= 11 is 0. The Hall–Kier alpha value is -2.04. The first-order valence-corrected chi connectivity index (χ1v) is 7.56. The molecule has 21 heavy (non-hydrogen) atoms. The molecule has 0 aliphatic heterocycles. The average molecular weight is 287 g/mol. The van der Waals surface area contributed by atoms with Gasteiger partial charge in [-0.2, -0.15) is 0 Å². The standard InChI is InChI=1S/C16H21N3O2/c1-9-6-7-10(2)13(8-9)17-12-5-3-4-11-14(12)16(21)19-18-15(11)20/h3-5,9-10,13,17H,6-8H2,1-2H3,(H,18,20)(H,19,21). The molecular weight excluding hydrogens is 266 g/mol. The second-order valence-electron chi connectivity index (χ2n) is 6.28. The Balaban J connectivity index is 2.03. The lowest BCUT2D eigenvalue weighted by Crippen LogP contribution is -2.34.